The summed E-state index contributed by atoms with van der Waals surface area (Å²) >= 11 is 0. The van der Waals surface area contributed by atoms with Crippen LogP contribution in [0.4, 0.5) is 15.9 Å². The lowest BCUT2D eigenvalue weighted by Gasteiger charge is -2.20. The minimum absolute atomic E-state index is 0.111. The Hall–Kier alpha value is -3.71. The Morgan fingerprint density at radius 1 is 1.09 bits per heavy atom. The molecular weight excluding hydrogens is 405 g/mol. The number of halogens is 1. The number of nitrogens with one attached hydrogen (secondary N) is 1. The molecule has 0 saturated carbocycles. The van der Waals surface area contributed by atoms with Crippen molar-refractivity contribution >= 4 is 11.5 Å². The number of likely N-dealkylation sites (N-methyl/N-ethyl adjacent to an activating group) is 1. The average Bonchev–Trinajstić information content (AvgIpc) is 3.13. The van der Waals surface area contributed by atoms with Gasteiger partial charge in [-0.05, 0) is 49.9 Å². The maximum absolute atomic E-state index is 14.7. The molecule has 4 aromatic rings. The van der Waals surface area contributed by atoms with Crippen molar-refractivity contribution in [2.24, 2.45) is 0 Å². The summed E-state index contributed by atoms with van der Waals surface area (Å²) in [6.45, 7) is 3.39. The van der Waals surface area contributed by atoms with Crippen molar-refractivity contribution in [2.75, 3.05) is 18.9 Å². The molecule has 0 amide bonds. The first-order valence-electron chi connectivity index (χ1n) is 10.5. The zero-order valence-corrected chi connectivity index (χ0v) is 18.0. The number of imidazole rings is 1. The van der Waals surface area contributed by atoms with Gasteiger partial charge in [0.05, 0.1) is 17.7 Å². The Morgan fingerprint density at radius 3 is 2.69 bits per heavy atom. The molecule has 7 heteroatoms. The van der Waals surface area contributed by atoms with Gasteiger partial charge in [-0.1, -0.05) is 30.3 Å². The van der Waals surface area contributed by atoms with E-state index in [4.69, 9.17) is 9.72 Å². The van der Waals surface area contributed by atoms with Crippen molar-refractivity contribution in [2.45, 2.75) is 19.6 Å². The summed E-state index contributed by atoms with van der Waals surface area (Å²) in [7, 11) is 2.08. The standard InChI is InChI=1S/C25H24FN5O/c1-17-13-31(16-27-17)22-10-9-20(12-21(22)26)28-24-11-8-19-14-30(2)15-23(32-25(19)29-24)18-6-4-3-5-7-18/h3-13,16,23H,14-15H2,1-2H3,(H,28,29). The molecule has 2 aromatic heterocycles. The molecule has 5 rings (SSSR count). The van der Waals surface area contributed by atoms with Gasteiger partial charge in [0.2, 0.25) is 5.88 Å². The van der Waals surface area contributed by atoms with Gasteiger partial charge in [-0.25, -0.2) is 9.37 Å². The van der Waals surface area contributed by atoms with E-state index in [9.17, 15) is 4.39 Å². The molecular formula is C25H24FN5O. The Bertz CT molecular complexity index is 1240. The van der Waals surface area contributed by atoms with E-state index in [2.05, 4.69) is 34.4 Å². The molecule has 0 fully saturated rings. The van der Waals surface area contributed by atoms with Gasteiger partial charge < -0.3 is 14.6 Å². The topological polar surface area (TPSA) is 55.2 Å². The summed E-state index contributed by atoms with van der Waals surface area (Å²) in [5.41, 5.74) is 4.03. The fourth-order valence-corrected chi connectivity index (χ4v) is 3.91. The number of aryl methyl sites for hydroxylation is 1. The van der Waals surface area contributed by atoms with Crippen LogP contribution in [0.2, 0.25) is 0 Å². The first kappa shape index (κ1) is 20.2. The van der Waals surface area contributed by atoms with Crippen LogP contribution >= 0.6 is 0 Å². The van der Waals surface area contributed by atoms with Gasteiger partial charge in [0.25, 0.3) is 0 Å². The molecule has 1 atom stereocenters. The van der Waals surface area contributed by atoms with E-state index in [1.165, 1.54) is 6.07 Å². The lowest BCUT2D eigenvalue weighted by molar-refractivity contribution is 0.160. The molecule has 2 aromatic carbocycles. The summed E-state index contributed by atoms with van der Waals surface area (Å²) in [5, 5.41) is 3.20. The molecule has 1 aliphatic rings. The Kier molecular flexibility index (Phi) is 5.33. The van der Waals surface area contributed by atoms with Crippen LogP contribution in [0.25, 0.3) is 5.69 Å². The van der Waals surface area contributed by atoms with Gasteiger partial charge in [-0.2, -0.15) is 4.98 Å². The van der Waals surface area contributed by atoms with Crippen LogP contribution in [-0.4, -0.2) is 33.0 Å². The average molecular weight is 429 g/mol. The number of benzene rings is 2. The van der Waals surface area contributed by atoms with Gasteiger partial charge in [0.1, 0.15) is 17.7 Å². The minimum Gasteiger partial charge on any atom is -0.468 e. The molecule has 1 N–H and O–H groups in total. The maximum Gasteiger partial charge on any atom is 0.220 e. The van der Waals surface area contributed by atoms with Crippen LogP contribution in [0.3, 0.4) is 0 Å². The van der Waals surface area contributed by atoms with E-state index in [0.29, 0.717) is 23.1 Å². The largest absolute Gasteiger partial charge is 0.468 e. The molecule has 0 spiro atoms. The molecule has 1 aliphatic heterocycles. The highest BCUT2D eigenvalue weighted by atomic mass is 19.1. The third kappa shape index (κ3) is 4.20. The van der Waals surface area contributed by atoms with Crippen molar-refractivity contribution < 1.29 is 9.13 Å². The van der Waals surface area contributed by atoms with Gasteiger partial charge >= 0.3 is 0 Å². The predicted octanol–water partition coefficient (Wildman–Crippen LogP) is 5.02. The van der Waals surface area contributed by atoms with E-state index in [1.54, 1.807) is 23.2 Å². The van der Waals surface area contributed by atoms with Crippen LogP contribution in [0.5, 0.6) is 5.88 Å². The molecule has 1 unspecified atom stereocenters. The fraction of sp³-hybridized carbons (Fsp3) is 0.200. The highest BCUT2D eigenvalue weighted by molar-refractivity contribution is 5.59. The zero-order valence-electron chi connectivity index (χ0n) is 18.0. The van der Waals surface area contributed by atoms with Gasteiger partial charge in [0.15, 0.2) is 0 Å². The summed E-state index contributed by atoms with van der Waals surface area (Å²) in [5.74, 6) is 0.856. The van der Waals surface area contributed by atoms with E-state index in [0.717, 1.165) is 29.9 Å². The van der Waals surface area contributed by atoms with E-state index in [1.807, 2.05) is 43.3 Å². The Morgan fingerprint density at radius 2 is 1.94 bits per heavy atom. The van der Waals surface area contributed by atoms with Crippen molar-refractivity contribution in [3.05, 3.63) is 95.8 Å². The maximum atomic E-state index is 14.7. The number of anilines is 2. The first-order valence-corrected chi connectivity index (χ1v) is 10.5. The molecule has 0 bridgehead atoms. The Balaban J connectivity index is 1.39. The van der Waals surface area contributed by atoms with Gasteiger partial charge in [0, 0.05) is 30.5 Å². The lowest BCUT2D eigenvalue weighted by Crippen LogP contribution is -2.24. The number of ether oxygens (including phenoxy) is 1. The molecule has 162 valence electrons. The predicted molar refractivity (Wildman–Crippen MR) is 122 cm³/mol. The third-order valence-electron chi connectivity index (χ3n) is 5.49. The van der Waals surface area contributed by atoms with Crippen molar-refractivity contribution in [3.8, 4) is 11.6 Å². The summed E-state index contributed by atoms with van der Waals surface area (Å²) in [6.07, 6.45) is 3.28. The molecule has 6 nitrogen and oxygen atoms in total. The molecule has 3 heterocycles. The van der Waals surface area contributed by atoms with Crippen molar-refractivity contribution in [1.82, 2.24) is 19.4 Å². The molecule has 0 saturated heterocycles. The minimum atomic E-state index is -0.343. The Labute approximate surface area is 186 Å². The number of hydrogen-bond acceptors (Lipinski definition) is 5. The smallest absolute Gasteiger partial charge is 0.220 e. The molecule has 0 radical (unpaired) electrons. The fourth-order valence-electron chi connectivity index (χ4n) is 3.91. The highest BCUT2D eigenvalue weighted by Gasteiger charge is 2.23. The van der Waals surface area contributed by atoms with Crippen LogP contribution in [0.15, 0.2) is 73.2 Å². The number of rotatable bonds is 4. The number of nitrogens with zero attached hydrogens (tertiary/aromatic N) is 4. The second kappa shape index (κ2) is 8.43. The van der Waals surface area contributed by atoms with Crippen LogP contribution in [0, 0.1) is 12.7 Å². The second-order valence-electron chi connectivity index (χ2n) is 8.09. The van der Waals surface area contributed by atoms with Gasteiger partial charge in [-0.3, -0.25) is 4.90 Å². The third-order valence-corrected chi connectivity index (χ3v) is 5.49. The summed E-state index contributed by atoms with van der Waals surface area (Å²) in [6, 6.07) is 19.1. The number of fused-ring (bicyclic) bond motifs is 1. The van der Waals surface area contributed by atoms with Crippen LogP contribution in [0.1, 0.15) is 22.9 Å². The van der Waals surface area contributed by atoms with Crippen LogP contribution < -0.4 is 10.1 Å². The lowest BCUT2D eigenvalue weighted by atomic mass is 10.1. The van der Waals surface area contributed by atoms with E-state index >= 15 is 0 Å². The first-order chi connectivity index (χ1) is 15.5. The summed E-state index contributed by atoms with van der Waals surface area (Å²) < 4.78 is 22.7. The number of pyridine rings is 1. The quantitative estimate of drug-likeness (QED) is 0.493. The summed E-state index contributed by atoms with van der Waals surface area (Å²) in [4.78, 5) is 11.1. The second-order valence-corrected chi connectivity index (χ2v) is 8.09. The highest BCUT2D eigenvalue weighted by Crippen LogP contribution is 2.31. The molecule has 32 heavy (non-hydrogen) atoms. The number of aromatic nitrogens is 3. The monoisotopic (exact) mass is 429 g/mol. The van der Waals surface area contributed by atoms with E-state index in [-0.39, 0.29) is 11.9 Å². The van der Waals surface area contributed by atoms with Crippen LogP contribution in [-0.2, 0) is 6.54 Å². The SMILES string of the molecule is Cc1cn(-c2ccc(Nc3ccc4c(n3)OC(c3ccccc3)CN(C)C4)cc2F)cn1. The van der Waals surface area contributed by atoms with Crippen molar-refractivity contribution in [3.63, 3.8) is 0 Å². The van der Waals surface area contributed by atoms with Gasteiger partial charge in [-0.15, -0.1) is 0 Å². The van der Waals surface area contributed by atoms with Crippen molar-refractivity contribution in [1.29, 1.82) is 0 Å². The van der Waals surface area contributed by atoms with E-state index < -0.39 is 0 Å². The molecule has 0 aliphatic carbocycles. The zero-order chi connectivity index (χ0) is 22.1. The number of hydrogen-bond donors (Lipinski definition) is 1. The normalized spacial score (nSPS) is 16.2.